The Morgan fingerprint density at radius 2 is 2.19 bits per heavy atom. The zero-order valence-electron chi connectivity index (χ0n) is 9.95. The third kappa shape index (κ3) is 2.00. The van der Waals surface area contributed by atoms with Gasteiger partial charge in [0, 0.05) is 31.2 Å². The lowest BCUT2D eigenvalue weighted by Crippen LogP contribution is -2.57. The Morgan fingerprint density at radius 1 is 1.38 bits per heavy atom. The molecule has 0 spiro atoms. The van der Waals surface area contributed by atoms with Gasteiger partial charge in [-0.25, -0.2) is 0 Å². The summed E-state index contributed by atoms with van der Waals surface area (Å²) in [4.78, 5) is 2.60. The molecule has 2 atom stereocenters. The van der Waals surface area contributed by atoms with Crippen LogP contribution in [0.15, 0.2) is 30.3 Å². The van der Waals surface area contributed by atoms with Crippen molar-refractivity contribution in [3.8, 4) is 0 Å². The van der Waals surface area contributed by atoms with Crippen molar-refractivity contribution in [1.82, 2.24) is 10.2 Å². The van der Waals surface area contributed by atoms with Crippen LogP contribution in [0.25, 0.3) is 0 Å². The lowest BCUT2D eigenvalue weighted by molar-refractivity contribution is 0.143. The molecule has 2 heterocycles. The zero-order chi connectivity index (χ0) is 11.0. The van der Waals surface area contributed by atoms with Gasteiger partial charge in [-0.3, -0.25) is 4.90 Å². The van der Waals surface area contributed by atoms with Crippen molar-refractivity contribution in [2.45, 2.75) is 37.9 Å². The van der Waals surface area contributed by atoms with Crippen LogP contribution in [-0.4, -0.2) is 29.6 Å². The van der Waals surface area contributed by atoms with E-state index in [4.69, 9.17) is 0 Å². The highest BCUT2D eigenvalue weighted by atomic mass is 15.3. The molecule has 86 valence electrons. The van der Waals surface area contributed by atoms with E-state index in [1.54, 1.807) is 0 Å². The standard InChI is InChI=1S/C14H20N2/c1-14-8-7-13(15-14)10-16(11-14)9-12-5-3-2-4-6-12/h2-6,13,15H,7-11H2,1H3. The average molecular weight is 216 g/mol. The topological polar surface area (TPSA) is 15.3 Å². The van der Waals surface area contributed by atoms with Crippen LogP contribution in [0.2, 0.25) is 0 Å². The molecule has 0 aliphatic carbocycles. The minimum Gasteiger partial charge on any atom is -0.306 e. The summed E-state index contributed by atoms with van der Waals surface area (Å²) in [6.07, 6.45) is 2.69. The second kappa shape index (κ2) is 3.86. The molecular formula is C14H20N2. The van der Waals surface area contributed by atoms with Crippen molar-refractivity contribution in [2.24, 2.45) is 0 Å². The molecule has 2 saturated heterocycles. The molecule has 2 unspecified atom stereocenters. The summed E-state index contributed by atoms with van der Waals surface area (Å²) in [6.45, 7) is 5.88. The molecular weight excluding hydrogens is 196 g/mol. The van der Waals surface area contributed by atoms with E-state index in [0.29, 0.717) is 5.54 Å². The number of likely N-dealkylation sites (tertiary alicyclic amines) is 1. The van der Waals surface area contributed by atoms with E-state index in [1.807, 2.05) is 0 Å². The highest BCUT2D eigenvalue weighted by Crippen LogP contribution is 2.29. The summed E-state index contributed by atoms with van der Waals surface area (Å²) >= 11 is 0. The molecule has 3 rings (SSSR count). The van der Waals surface area contributed by atoms with Gasteiger partial charge in [-0.1, -0.05) is 30.3 Å². The van der Waals surface area contributed by atoms with Crippen LogP contribution in [-0.2, 0) is 6.54 Å². The molecule has 2 bridgehead atoms. The van der Waals surface area contributed by atoms with Crippen LogP contribution in [0.3, 0.4) is 0 Å². The maximum atomic E-state index is 3.74. The molecule has 2 aliphatic heterocycles. The predicted octanol–water partition coefficient (Wildman–Crippen LogP) is 2.01. The summed E-state index contributed by atoms with van der Waals surface area (Å²) in [5.41, 5.74) is 1.81. The van der Waals surface area contributed by atoms with Crippen LogP contribution in [0.1, 0.15) is 25.3 Å². The molecule has 16 heavy (non-hydrogen) atoms. The third-order valence-corrected chi connectivity index (χ3v) is 3.90. The summed E-state index contributed by atoms with van der Waals surface area (Å²) in [5, 5.41) is 3.74. The highest BCUT2D eigenvalue weighted by Gasteiger charge is 2.40. The van der Waals surface area contributed by atoms with E-state index >= 15 is 0 Å². The lowest BCUT2D eigenvalue weighted by atomic mass is 10.00. The van der Waals surface area contributed by atoms with Gasteiger partial charge in [0.05, 0.1) is 0 Å². The molecule has 2 nitrogen and oxygen atoms in total. The van der Waals surface area contributed by atoms with Crippen LogP contribution >= 0.6 is 0 Å². The molecule has 0 amide bonds. The van der Waals surface area contributed by atoms with E-state index in [1.165, 1.54) is 31.5 Å². The lowest BCUT2D eigenvalue weighted by Gasteiger charge is -2.39. The van der Waals surface area contributed by atoms with Gasteiger partial charge in [0.25, 0.3) is 0 Å². The van der Waals surface area contributed by atoms with E-state index in [9.17, 15) is 0 Å². The largest absolute Gasteiger partial charge is 0.306 e. The Morgan fingerprint density at radius 3 is 2.94 bits per heavy atom. The zero-order valence-corrected chi connectivity index (χ0v) is 9.95. The highest BCUT2D eigenvalue weighted by molar-refractivity contribution is 5.15. The minimum absolute atomic E-state index is 0.373. The summed E-state index contributed by atoms with van der Waals surface area (Å²) < 4.78 is 0. The monoisotopic (exact) mass is 216 g/mol. The SMILES string of the molecule is CC12CCC(CN(Cc3ccccc3)C1)N2. The fourth-order valence-electron chi connectivity index (χ4n) is 3.22. The second-order valence-corrected chi connectivity index (χ2v) is 5.60. The van der Waals surface area contributed by atoms with Gasteiger partial charge in [-0.2, -0.15) is 0 Å². The first-order chi connectivity index (χ1) is 7.73. The molecule has 1 aromatic rings. The van der Waals surface area contributed by atoms with E-state index < -0.39 is 0 Å². The summed E-state index contributed by atoms with van der Waals surface area (Å²) in [5.74, 6) is 0. The number of fused-ring (bicyclic) bond motifs is 2. The molecule has 2 fully saturated rings. The number of hydrogen-bond acceptors (Lipinski definition) is 2. The first kappa shape index (κ1) is 10.3. The van der Waals surface area contributed by atoms with Gasteiger partial charge in [0.1, 0.15) is 0 Å². The minimum atomic E-state index is 0.373. The van der Waals surface area contributed by atoms with Gasteiger partial charge in [-0.05, 0) is 25.3 Å². The van der Waals surface area contributed by atoms with Crippen molar-refractivity contribution in [1.29, 1.82) is 0 Å². The van der Waals surface area contributed by atoms with Gasteiger partial charge >= 0.3 is 0 Å². The number of hydrogen-bond donors (Lipinski definition) is 1. The van der Waals surface area contributed by atoms with Gasteiger partial charge < -0.3 is 5.32 Å². The Bertz CT molecular complexity index is 362. The summed E-state index contributed by atoms with van der Waals surface area (Å²) in [6, 6.07) is 11.5. The smallest absolute Gasteiger partial charge is 0.0284 e. The number of piperazine rings is 1. The number of nitrogens with zero attached hydrogens (tertiary/aromatic N) is 1. The Kier molecular flexibility index (Phi) is 2.49. The quantitative estimate of drug-likeness (QED) is 0.813. The van der Waals surface area contributed by atoms with Crippen molar-refractivity contribution in [3.05, 3.63) is 35.9 Å². The van der Waals surface area contributed by atoms with Gasteiger partial charge in [0.2, 0.25) is 0 Å². The maximum Gasteiger partial charge on any atom is 0.0284 e. The maximum absolute atomic E-state index is 3.74. The fourth-order valence-corrected chi connectivity index (χ4v) is 3.22. The normalized spacial score (nSPS) is 34.2. The number of rotatable bonds is 2. The molecule has 1 N–H and O–H groups in total. The van der Waals surface area contributed by atoms with Crippen LogP contribution < -0.4 is 5.32 Å². The van der Waals surface area contributed by atoms with E-state index in [-0.39, 0.29) is 0 Å². The Balaban J connectivity index is 1.69. The third-order valence-electron chi connectivity index (χ3n) is 3.90. The van der Waals surface area contributed by atoms with Gasteiger partial charge in [-0.15, -0.1) is 0 Å². The average Bonchev–Trinajstić information content (AvgIpc) is 2.54. The second-order valence-electron chi connectivity index (χ2n) is 5.60. The van der Waals surface area contributed by atoms with Crippen molar-refractivity contribution in [3.63, 3.8) is 0 Å². The van der Waals surface area contributed by atoms with Gasteiger partial charge in [0.15, 0.2) is 0 Å². The first-order valence-corrected chi connectivity index (χ1v) is 6.28. The van der Waals surface area contributed by atoms with Crippen molar-refractivity contribution in [2.75, 3.05) is 13.1 Å². The Hall–Kier alpha value is -0.860. The first-order valence-electron chi connectivity index (χ1n) is 6.28. The van der Waals surface area contributed by atoms with Crippen LogP contribution in [0.4, 0.5) is 0 Å². The summed E-state index contributed by atoms with van der Waals surface area (Å²) in [7, 11) is 0. The van der Waals surface area contributed by atoms with Crippen LogP contribution in [0, 0.1) is 0 Å². The van der Waals surface area contributed by atoms with Crippen molar-refractivity contribution < 1.29 is 0 Å². The Labute approximate surface area is 97.6 Å². The molecule has 0 saturated carbocycles. The number of nitrogens with one attached hydrogen (secondary N) is 1. The fraction of sp³-hybridized carbons (Fsp3) is 0.571. The predicted molar refractivity (Wildman–Crippen MR) is 66.3 cm³/mol. The molecule has 0 aromatic heterocycles. The molecule has 1 aromatic carbocycles. The number of benzene rings is 1. The van der Waals surface area contributed by atoms with E-state index in [2.05, 4.69) is 47.5 Å². The molecule has 2 aliphatic rings. The van der Waals surface area contributed by atoms with E-state index in [0.717, 1.165) is 12.6 Å². The molecule has 2 heteroatoms. The molecule has 0 radical (unpaired) electrons. The van der Waals surface area contributed by atoms with Crippen LogP contribution in [0.5, 0.6) is 0 Å². The van der Waals surface area contributed by atoms with Crippen molar-refractivity contribution >= 4 is 0 Å².